The molecule has 1 amide bonds. The number of hydrogen-bond acceptors (Lipinski definition) is 6. The van der Waals surface area contributed by atoms with Crippen LogP contribution >= 0.6 is 0 Å². The number of rotatable bonds is 6. The standard InChI is InChI=1S/C25H27F2N5O2/c1-34-23-13-21-17(12-22(23)32-8-2-7-31(9-10-32)16-4-5-16)24(18(14-29-21)25(28)33)30-20-6-3-15(26)11-19(20)27/h3,6,11-14,16H,2,4-5,7-10H2,1H3,(H2,28,33)(H,29,30). The summed E-state index contributed by atoms with van der Waals surface area (Å²) in [5, 5.41) is 3.55. The maximum absolute atomic E-state index is 14.4. The fourth-order valence-electron chi connectivity index (χ4n) is 4.65. The smallest absolute Gasteiger partial charge is 0.252 e. The van der Waals surface area contributed by atoms with Crippen molar-refractivity contribution in [1.82, 2.24) is 9.88 Å². The van der Waals surface area contributed by atoms with Crippen LogP contribution in [0.25, 0.3) is 10.9 Å². The maximum Gasteiger partial charge on any atom is 0.252 e. The minimum absolute atomic E-state index is 0.0311. The molecule has 0 radical (unpaired) electrons. The fraction of sp³-hybridized carbons (Fsp3) is 0.360. The molecule has 0 bridgehead atoms. The van der Waals surface area contributed by atoms with E-state index in [0.717, 1.165) is 50.4 Å². The molecule has 9 heteroatoms. The number of nitrogens with two attached hydrogens (primary N) is 1. The predicted octanol–water partition coefficient (Wildman–Crippen LogP) is 4.04. The highest BCUT2D eigenvalue weighted by atomic mass is 19.1. The van der Waals surface area contributed by atoms with Crippen LogP contribution in [0, 0.1) is 11.6 Å². The van der Waals surface area contributed by atoms with Gasteiger partial charge in [0.2, 0.25) is 0 Å². The Hall–Kier alpha value is -3.46. The van der Waals surface area contributed by atoms with Gasteiger partial charge in [-0.2, -0.15) is 0 Å². The lowest BCUT2D eigenvalue weighted by Gasteiger charge is -2.26. The largest absolute Gasteiger partial charge is 0.495 e. The van der Waals surface area contributed by atoms with Crippen molar-refractivity contribution in [1.29, 1.82) is 0 Å². The van der Waals surface area contributed by atoms with Crippen molar-refractivity contribution < 1.29 is 18.3 Å². The summed E-state index contributed by atoms with van der Waals surface area (Å²) in [4.78, 5) is 21.4. The van der Waals surface area contributed by atoms with Crippen molar-refractivity contribution in [3.05, 3.63) is 53.7 Å². The highest BCUT2D eigenvalue weighted by molar-refractivity contribution is 6.08. The summed E-state index contributed by atoms with van der Waals surface area (Å²) in [5.41, 5.74) is 7.52. The van der Waals surface area contributed by atoms with Gasteiger partial charge in [0.05, 0.1) is 35.3 Å². The van der Waals surface area contributed by atoms with Gasteiger partial charge >= 0.3 is 0 Å². The monoisotopic (exact) mass is 467 g/mol. The van der Waals surface area contributed by atoms with E-state index in [4.69, 9.17) is 10.5 Å². The number of anilines is 3. The van der Waals surface area contributed by atoms with E-state index in [2.05, 4.69) is 20.1 Å². The first-order chi connectivity index (χ1) is 16.4. The summed E-state index contributed by atoms with van der Waals surface area (Å²) in [6.07, 6.45) is 4.93. The number of methoxy groups -OCH3 is 1. The minimum Gasteiger partial charge on any atom is -0.495 e. The Morgan fingerprint density at radius 1 is 1.15 bits per heavy atom. The molecule has 0 unspecified atom stereocenters. The van der Waals surface area contributed by atoms with Gasteiger partial charge in [-0.05, 0) is 37.5 Å². The van der Waals surface area contributed by atoms with Crippen LogP contribution in [0.3, 0.4) is 0 Å². The van der Waals surface area contributed by atoms with Gasteiger partial charge in [-0.3, -0.25) is 14.7 Å². The lowest BCUT2D eigenvalue weighted by atomic mass is 10.1. The van der Waals surface area contributed by atoms with Crippen LogP contribution in [0.5, 0.6) is 5.75 Å². The van der Waals surface area contributed by atoms with Crippen LogP contribution in [0.15, 0.2) is 36.5 Å². The number of pyridine rings is 1. The molecule has 5 rings (SSSR count). The van der Waals surface area contributed by atoms with Crippen LogP contribution in [-0.4, -0.2) is 55.1 Å². The molecule has 3 aromatic rings. The van der Waals surface area contributed by atoms with Crippen molar-refractivity contribution >= 4 is 33.9 Å². The van der Waals surface area contributed by atoms with Crippen LogP contribution in [-0.2, 0) is 0 Å². The molecule has 34 heavy (non-hydrogen) atoms. The van der Waals surface area contributed by atoms with E-state index in [1.807, 2.05) is 12.1 Å². The Bertz CT molecular complexity index is 1250. The van der Waals surface area contributed by atoms with Gasteiger partial charge < -0.3 is 20.7 Å². The topological polar surface area (TPSA) is 83.7 Å². The van der Waals surface area contributed by atoms with Crippen LogP contribution in [0.4, 0.5) is 25.8 Å². The zero-order chi connectivity index (χ0) is 23.8. The number of amides is 1. The van der Waals surface area contributed by atoms with Gasteiger partial charge in [0.1, 0.15) is 17.4 Å². The highest BCUT2D eigenvalue weighted by Gasteiger charge is 2.30. The Morgan fingerprint density at radius 3 is 2.68 bits per heavy atom. The molecule has 3 N–H and O–H groups in total. The van der Waals surface area contributed by atoms with Crippen LogP contribution < -0.4 is 20.7 Å². The number of nitrogens with zero attached hydrogens (tertiary/aromatic N) is 3. The normalized spacial score (nSPS) is 17.0. The number of ether oxygens (including phenoxy) is 1. The number of carbonyl (C=O) groups is 1. The zero-order valence-electron chi connectivity index (χ0n) is 19.0. The Kier molecular flexibility index (Phi) is 5.95. The van der Waals surface area contributed by atoms with Crippen molar-refractivity contribution in [2.45, 2.75) is 25.3 Å². The Labute approximate surface area is 196 Å². The van der Waals surface area contributed by atoms with E-state index in [0.29, 0.717) is 28.4 Å². The molecule has 2 fully saturated rings. The van der Waals surface area contributed by atoms with E-state index in [-0.39, 0.29) is 11.3 Å². The van der Waals surface area contributed by atoms with Gasteiger partial charge in [0, 0.05) is 55.9 Å². The molecule has 178 valence electrons. The number of halogens is 2. The van der Waals surface area contributed by atoms with Gasteiger partial charge in [-0.15, -0.1) is 0 Å². The predicted molar refractivity (Wildman–Crippen MR) is 128 cm³/mol. The summed E-state index contributed by atoms with van der Waals surface area (Å²) in [6, 6.07) is 7.65. The summed E-state index contributed by atoms with van der Waals surface area (Å²) in [6.45, 7) is 3.75. The molecule has 2 aromatic carbocycles. The zero-order valence-corrected chi connectivity index (χ0v) is 19.0. The average Bonchev–Trinajstić information content (AvgIpc) is 3.66. The molecule has 1 saturated heterocycles. The van der Waals surface area contributed by atoms with Crippen LogP contribution in [0.2, 0.25) is 0 Å². The molecule has 1 aliphatic heterocycles. The van der Waals surface area contributed by atoms with Gasteiger partial charge in [0.25, 0.3) is 5.91 Å². The Morgan fingerprint density at radius 2 is 1.97 bits per heavy atom. The van der Waals surface area contributed by atoms with Crippen molar-refractivity contribution in [3.63, 3.8) is 0 Å². The SMILES string of the molecule is COc1cc2ncc(C(N)=O)c(Nc3ccc(F)cc3F)c2cc1N1CCCN(C2CC2)CC1. The van der Waals surface area contributed by atoms with Crippen molar-refractivity contribution in [2.24, 2.45) is 5.73 Å². The molecule has 2 aliphatic rings. The van der Waals surface area contributed by atoms with Crippen LogP contribution in [0.1, 0.15) is 29.6 Å². The molecule has 1 aromatic heterocycles. The second-order valence-electron chi connectivity index (χ2n) is 8.81. The Balaban J connectivity index is 1.59. The number of aromatic nitrogens is 1. The first-order valence-electron chi connectivity index (χ1n) is 11.5. The van der Waals surface area contributed by atoms with Gasteiger partial charge in [-0.25, -0.2) is 8.78 Å². The lowest BCUT2D eigenvalue weighted by molar-refractivity contribution is 0.100. The van der Waals surface area contributed by atoms with Crippen molar-refractivity contribution in [3.8, 4) is 5.75 Å². The number of nitrogens with one attached hydrogen (secondary N) is 1. The summed E-state index contributed by atoms with van der Waals surface area (Å²) in [5.74, 6) is -1.50. The summed E-state index contributed by atoms with van der Waals surface area (Å²) in [7, 11) is 1.61. The second-order valence-corrected chi connectivity index (χ2v) is 8.81. The fourth-order valence-corrected chi connectivity index (χ4v) is 4.65. The molecule has 1 aliphatic carbocycles. The van der Waals surface area contributed by atoms with E-state index in [9.17, 15) is 13.6 Å². The third-order valence-electron chi connectivity index (χ3n) is 6.56. The number of carbonyl (C=O) groups excluding carboxylic acids is 1. The summed E-state index contributed by atoms with van der Waals surface area (Å²) < 4.78 is 33.6. The number of fused-ring (bicyclic) bond motifs is 1. The molecule has 0 spiro atoms. The highest BCUT2D eigenvalue weighted by Crippen LogP contribution is 2.39. The maximum atomic E-state index is 14.4. The first kappa shape index (κ1) is 22.3. The average molecular weight is 468 g/mol. The molecule has 2 heterocycles. The summed E-state index contributed by atoms with van der Waals surface area (Å²) >= 11 is 0. The first-order valence-corrected chi connectivity index (χ1v) is 11.5. The quantitative estimate of drug-likeness (QED) is 0.569. The molecular weight excluding hydrogens is 440 g/mol. The third-order valence-corrected chi connectivity index (χ3v) is 6.56. The van der Waals surface area contributed by atoms with Gasteiger partial charge in [0.15, 0.2) is 0 Å². The lowest BCUT2D eigenvalue weighted by Crippen LogP contribution is -2.32. The van der Waals surface area contributed by atoms with E-state index in [1.165, 1.54) is 25.1 Å². The van der Waals surface area contributed by atoms with E-state index >= 15 is 0 Å². The molecule has 0 atom stereocenters. The molecule has 7 nitrogen and oxygen atoms in total. The third kappa shape index (κ3) is 4.35. The van der Waals surface area contributed by atoms with E-state index < -0.39 is 17.5 Å². The number of hydrogen-bond donors (Lipinski definition) is 2. The van der Waals surface area contributed by atoms with Crippen molar-refractivity contribution in [2.75, 3.05) is 43.5 Å². The van der Waals surface area contributed by atoms with Gasteiger partial charge in [-0.1, -0.05) is 0 Å². The second kappa shape index (κ2) is 9.06. The van der Waals surface area contributed by atoms with E-state index in [1.54, 1.807) is 7.11 Å². The minimum atomic E-state index is -0.776. The molecule has 1 saturated carbocycles. The number of benzene rings is 2. The number of primary amides is 1. The molecular formula is C25H27F2N5O2.